The maximum Gasteiger partial charge on any atom is 0.224 e. The van der Waals surface area contributed by atoms with Crippen molar-refractivity contribution in [1.29, 1.82) is 0 Å². The standard InChI is InChI=1S/C14H27N3O/c1-17-9-5-12(6-10-17)4-8-16-14(18)13-3-2-7-15-11-13/h12-13,15H,2-11H2,1H3,(H,16,18)/t13-/m0/s1. The van der Waals surface area contributed by atoms with Gasteiger partial charge in [-0.1, -0.05) is 0 Å². The molecule has 0 aromatic carbocycles. The number of amides is 1. The molecule has 2 heterocycles. The number of hydrogen-bond donors (Lipinski definition) is 2. The molecule has 0 unspecified atom stereocenters. The molecular weight excluding hydrogens is 226 g/mol. The zero-order valence-corrected chi connectivity index (χ0v) is 11.6. The summed E-state index contributed by atoms with van der Waals surface area (Å²) < 4.78 is 0. The molecule has 0 aliphatic carbocycles. The Morgan fingerprint density at radius 1 is 1.33 bits per heavy atom. The van der Waals surface area contributed by atoms with Gasteiger partial charge in [0.1, 0.15) is 0 Å². The summed E-state index contributed by atoms with van der Waals surface area (Å²) in [5.74, 6) is 1.28. The second-order valence-corrected chi connectivity index (χ2v) is 5.87. The fourth-order valence-electron chi connectivity index (χ4n) is 2.97. The van der Waals surface area contributed by atoms with Crippen molar-refractivity contribution in [3.63, 3.8) is 0 Å². The summed E-state index contributed by atoms with van der Waals surface area (Å²) in [6, 6.07) is 0. The Labute approximate surface area is 110 Å². The van der Waals surface area contributed by atoms with E-state index in [1.165, 1.54) is 25.9 Å². The highest BCUT2D eigenvalue weighted by molar-refractivity contribution is 5.78. The van der Waals surface area contributed by atoms with Crippen molar-refractivity contribution in [2.75, 3.05) is 39.8 Å². The third-order valence-electron chi connectivity index (χ3n) is 4.36. The van der Waals surface area contributed by atoms with Gasteiger partial charge in [-0.05, 0) is 64.7 Å². The topological polar surface area (TPSA) is 44.4 Å². The van der Waals surface area contributed by atoms with Crippen molar-refractivity contribution in [1.82, 2.24) is 15.5 Å². The van der Waals surface area contributed by atoms with Gasteiger partial charge in [0.2, 0.25) is 5.91 Å². The van der Waals surface area contributed by atoms with Crippen LogP contribution < -0.4 is 10.6 Å². The molecule has 0 saturated carbocycles. The average molecular weight is 253 g/mol. The number of hydrogen-bond acceptors (Lipinski definition) is 3. The zero-order valence-electron chi connectivity index (χ0n) is 11.6. The molecule has 0 bridgehead atoms. The number of likely N-dealkylation sites (tertiary alicyclic amines) is 1. The first kappa shape index (κ1) is 13.8. The maximum absolute atomic E-state index is 11.9. The van der Waals surface area contributed by atoms with Crippen molar-refractivity contribution < 1.29 is 4.79 Å². The van der Waals surface area contributed by atoms with E-state index in [-0.39, 0.29) is 11.8 Å². The van der Waals surface area contributed by atoms with Crippen molar-refractivity contribution >= 4 is 5.91 Å². The van der Waals surface area contributed by atoms with Gasteiger partial charge in [-0.15, -0.1) is 0 Å². The van der Waals surface area contributed by atoms with E-state index in [1.807, 2.05) is 0 Å². The van der Waals surface area contributed by atoms with E-state index in [4.69, 9.17) is 0 Å². The van der Waals surface area contributed by atoms with Crippen LogP contribution in [0.1, 0.15) is 32.1 Å². The third-order valence-corrected chi connectivity index (χ3v) is 4.36. The van der Waals surface area contributed by atoms with Gasteiger partial charge in [0, 0.05) is 13.1 Å². The van der Waals surface area contributed by atoms with Crippen LogP contribution in [-0.4, -0.2) is 50.6 Å². The SMILES string of the molecule is CN1CCC(CCNC(=O)[C@H]2CCCNC2)CC1. The van der Waals surface area contributed by atoms with Crippen molar-refractivity contribution in [2.24, 2.45) is 11.8 Å². The van der Waals surface area contributed by atoms with E-state index in [9.17, 15) is 4.79 Å². The lowest BCUT2D eigenvalue weighted by Crippen LogP contribution is -2.41. The van der Waals surface area contributed by atoms with Crippen LogP contribution in [0.4, 0.5) is 0 Å². The van der Waals surface area contributed by atoms with Gasteiger partial charge in [0.15, 0.2) is 0 Å². The molecule has 2 fully saturated rings. The number of carbonyl (C=O) groups excluding carboxylic acids is 1. The van der Waals surface area contributed by atoms with Gasteiger partial charge < -0.3 is 15.5 Å². The molecule has 0 spiro atoms. The lowest BCUT2D eigenvalue weighted by atomic mass is 9.93. The molecule has 2 aliphatic heterocycles. The van der Waals surface area contributed by atoms with E-state index in [0.29, 0.717) is 0 Å². The van der Waals surface area contributed by atoms with Crippen LogP contribution in [0.3, 0.4) is 0 Å². The highest BCUT2D eigenvalue weighted by Gasteiger charge is 2.21. The number of rotatable bonds is 4. The van der Waals surface area contributed by atoms with Crippen LogP contribution in [0.5, 0.6) is 0 Å². The molecule has 2 saturated heterocycles. The highest BCUT2D eigenvalue weighted by Crippen LogP contribution is 2.18. The molecule has 2 aliphatic rings. The fraction of sp³-hybridized carbons (Fsp3) is 0.929. The van der Waals surface area contributed by atoms with Gasteiger partial charge in [0.05, 0.1) is 5.92 Å². The first-order valence-corrected chi connectivity index (χ1v) is 7.42. The van der Waals surface area contributed by atoms with Gasteiger partial charge in [-0.3, -0.25) is 4.79 Å². The normalized spacial score (nSPS) is 27.1. The van der Waals surface area contributed by atoms with Crippen molar-refractivity contribution in [2.45, 2.75) is 32.1 Å². The van der Waals surface area contributed by atoms with Crippen LogP contribution >= 0.6 is 0 Å². The minimum Gasteiger partial charge on any atom is -0.356 e. The monoisotopic (exact) mass is 253 g/mol. The molecule has 0 aromatic rings. The molecule has 1 amide bonds. The maximum atomic E-state index is 11.9. The smallest absolute Gasteiger partial charge is 0.224 e. The number of nitrogens with zero attached hydrogens (tertiary/aromatic N) is 1. The van der Waals surface area contributed by atoms with E-state index < -0.39 is 0 Å². The lowest BCUT2D eigenvalue weighted by molar-refractivity contribution is -0.125. The largest absolute Gasteiger partial charge is 0.356 e. The lowest BCUT2D eigenvalue weighted by Gasteiger charge is -2.29. The summed E-state index contributed by atoms with van der Waals surface area (Å²) in [5, 5.41) is 6.41. The van der Waals surface area contributed by atoms with E-state index in [1.54, 1.807) is 0 Å². The van der Waals surface area contributed by atoms with Crippen LogP contribution in [0, 0.1) is 11.8 Å². The fourth-order valence-corrected chi connectivity index (χ4v) is 2.97. The average Bonchev–Trinajstić information content (AvgIpc) is 2.42. The van der Waals surface area contributed by atoms with E-state index in [0.717, 1.165) is 44.8 Å². The molecule has 4 nitrogen and oxygen atoms in total. The predicted octanol–water partition coefficient (Wildman–Crippen LogP) is 0.834. The van der Waals surface area contributed by atoms with Crippen LogP contribution in [0.15, 0.2) is 0 Å². The second kappa shape index (κ2) is 7.10. The first-order valence-electron chi connectivity index (χ1n) is 7.42. The molecule has 4 heteroatoms. The molecule has 2 N–H and O–H groups in total. The van der Waals surface area contributed by atoms with Gasteiger partial charge in [0.25, 0.3) is 0 Å². The molecule has 104 valence electrons. The Kier molecular flexibility index (Phi) is 5.45. The Bertz CT molecular complexity index is 256. The molecule has 18 heavy (non-hydrogen) atoms. The number of carbonyl (C=O) groups is 1. The van der Waals surface area contributed by atoms with Gasteiger partial charge in [-0.2, -0.15) is 0 Å². The summed E-state index contributed by atoms with van der Waals surface area (Å²) in [6.45, 7) is 5.22. The van der Waals surface area contributed by atoms with E-state index >= 15 is 0 Å². The molecule has 1 atom stereocenters. The van der Waals surface area contributed by atoms with Crippen molar-refractivity contribution in [3.05, 3.63) is 0 Å². The predicted molar refractivity (Wildman–Crippen MR) is 73.4 cm³/mol. The Balaban J connectivity index is 1.58. The molecule has 2 rings (SSSR count). The minimum atomic E-state index is 0.205. The van der Waals surface area contributed by atoms with Crippen LogP contribution in [-0.2, 0) is 4.79 Å². The zero-order chi connectivity index (χ0) is 12.8. The van der Waals surface area contributed by atoms with E-state index in [2.05, 4.69) is 22.6 Å². The second-order valence-electron chi connectivity index (χ2n) is 5.87. The number of nitrogens with one attached hydrogen (secondary N) is 2. The molecule has 0 radical (unpaired) electrons. The highest BCUT2D eigenvalue weighted by atomic mass is 16.1. The Morgan fingerprint density at radius 2 is 2.11 bits per heavy atom. The summed E-state index contributed by atoms with van der Waals surface area (Å²) in [5.41, 5.74) is 0. The summed E-state index contributed by atoms with van der Waals surface area (Å²) in [6.07, 6.45) is 5.91. The van der Waals surface area contributed by atoms with Gasteiger partial charge in [-0.25, -0.2) is 0 Å². The van der Waals surface area contributed by atoms with Crippen molar-refractivity contribution in [3.8, 4) is 0 Å². The summed E-state index contributed by atoms with van der Waals surface area (Å²) >= 11 is 0. The third kappa shape index (κ3) is 4.25. The number of piperidine rings is 2. The quantitative estimate of drug-likeness (QED) is 0.780. The summed E-state index contributed by atoms with van der Waals surface area (Å²) in [7, 11) is 2.19. The Morgan fingerprint density at radius 3 is 2.78 bits per heavy atom. The van der Waals surface area contributed by atoms with Crippen LogP contribution in [0.2, 0.25) is 0 Å². The Hall–Kier alpha value is -0.610. The van der Waals surface area contributed by atoms with Crippen LogP contribution in [0.25, 0.3) is 0 Å². The minimum absolute atomic E-state index is 0.205. The first-order chi connectivity index (χ1) is 8.75. The molecular formula is C14H27N3O. The molecule has 0 aromatic heterocycles. The van der Waals surface area contributed by atoms with Gasteiger partial charge >= 0.3 is 0 Å². The summed E-state index contributed by atoms with van der Waals surface area (Å²) in [4.78, 5) is 14.3.